The molecule has 0 bridgehead atoms. The first-order valence-electron chi connectivity index (χ1n) is 9.20. The molecule has 3 nitrogen and oxygen atoms in total. The third-order valence-corrected chi connectivity index (χ3v) is 5.47. The summed E-state index contributed by atoms with van der Waals surface area (Å²) in [5, 5.41) is 0. The summed E-state index contributed by atoms with van der Waals surface area (Å²) in [6.07, 6.45) is 14.2. The molecule has 2 atom stereocenters. The van der Waals surface area contributed by atoms with Crippen molar-refractivity contribution < 1.29 is 14.0 Å². The molecular weight excluding hydrogens is 263 g/mol. The van der Waals surface area contributed by atoms with Gasteiger partial charge in [0, 0.05) is 6.10 Å². The molecule has 0 unspecified atom stereocenters. The van der Waals surface area contributed by atoms with Gasteiger partial charge in [0.25, 0.3) is 0 Å². The van der Waals surface area contributed by atoms with Crippen molar-refractivity contribution in [3.8, 4) is 0 Å². The van der Waals surface area contributed by atoms with Crippen molar-refractivity contribution in [2.24, 2.45) is 11.8 Å². The van der Waals surface area contributed by atoms with Crippen molar-refractivity contribution in [1.29, 1.82) is 0 Å². The fourth-order valence-electron chi connectivity index (χ4n) is 4.41. The first-order valence-corrected chi connectivity index (χ1v) is 9.20. The van der Waals surface area contributed by atoms with Crippen LogP contribution >= 0.6 is 0 Å². The second-order valence-corrected chi connectivity index (χ2v) is 7.47. The Hall–Kier alpha value is -0.0551. The summed E-state index contributed by atoms with van der Waals surface area (Å²) in [6.45, 7) is 4.10. The molecule has 4 heteroatoms. The Bertz CT molecular complexity index is 285. The van der Waals surface area contributed by atoms with E-state index in [4.69, 9.17) is 14.0 Å². The molecule has 3 rings (SSSR count). The zero-order valence-corrected chi connectivity index (χ0v) is 13.8. The van der Waals surface area contributed by atoms with Crippen LogP contribution in [0.4, 0.5) is 0 Å². The van der Waals surface area contributed by atoms with E-state index in [0.29, 0.717) is 11.8 Å². The van der Waals surface area contributed by atoms with Crippen molar-refractivity contribution >= 4 is 7.32 Å². The Balaban J connectivity index is 1.66. The lowest BCUT2D eigenvalue weighted by Crippen LogP contribution is -2.38. The van der Waals surface area contributed by atoms with Gasteiger partial charge in [-0.15, -0.1) is 0 Å². The SMILES string of the molecule is CC(C)OB1O[C@H](C2CCCCC2)[C@@H](C2CCCCC2)O1. The molecule has 0 amide bonds. The first-order chi connectivity index (χ1) is 10.2. The molecule has 3 aliphatic rings. The van der Waals surface area contributed by atoms with Crippen LogP contribution in [0, 0.1) is 11.8 Å². The monoisotopic (exact) mass is 294 g/mol. The van der Waals surface area contributed by atoms with Gasteiger partial charge in [0.05, 0.1) is 12.2 Å². The smallest absolute Gasteiger partial charge is 0.384 e. The lowest BCUT2D eigenvalue weighted by Gasteiger charge is -2.35. The molecule has 0 N–H and O–H groups in total. The summed E-state index contributed by atoms with van der Waals surface area (Å²) in [5.41, 5.74) is 0. The Labute approximate surface area is 130 Å². The van der Waals surface area contributed by atoms with Crippen LogP contribution in [0.5, 0.6) is 0 Å². The minimum absolute atomic E-state index is 0.159. The van der Waals surface area contributed by atoms with Crippen molar-refractivity contribution in [3.63, 3.8) is 0 Å². The predicted molar refractivity (Wildman–Crippen MR) is 84.9 cm³/mol. The van der Waals surface area contributed by atoms with E-state index in [-0.39, 0.29) is 18.3 Å². The Morgan fingerprint density at radius 1 is 0.762 bits per heavy atom. The van der Waals surface area contributed by atoms with E-state index in [1.54, 1.807) is 0 Å². The van der Waals surface area contributed by atoms with Gasteiger partial charge in [-0.3, -0.25) is 0 Å². The number of hydrogen-bond acceptors (Lipinski definition) is 3. The van der Waals surface area contributed by atoms with Crippen LogP contribution < -0.4 is 0 Å². The molecule has 2 saturated carbocycles. The quantitative estimate of drug-likeness (QED) is 0.722. The first kappa shape index (κ1) is 15.8. The molecule has 2 aliphatic carbocycles. The normalized spacial score (nSPS) is 33.0. The van der Waals surface area contributed by atoms with Gasteiger partial charge in [-0.2, -0.15) is 0 Å². The van der Waals surface area contributed by atoms with E-state index < -0.39 is 7.32 Å². The predicted octanol–water partition coefficient (Wildman–Crippen LogP) is 4.34. The molecular formula is C17H31BO3. The van der Waals surface area contributed by atoms with Gasteiger partial charge in [-0.25, -0.2) is 0 Å². The highest BCUT2D eigenvalue weighted by atomic mass is 16.8. The molecule has 1 saturated heterocycles. The highest BCUT2D eigenvalue weighted by molar-refractivity contribution is 6.37. The third kappa shape index (κ3) is 4.03. The molecule has 0 aromatic heterocycles. The maximum atomic E-state index is 6.23. The van der Waals surface area contributed by atoms with Crippen molar-refractivity contribution in [3.05, 3.63) is 0 Å². The van der Waals surface area contributed by atoms with Gasteiger partial charge in [0.15, 0.2) is 0 Å². The van der Waals surface area contributed by atoms with Crippen molar-refractivity contribution in [2.45, 2.75) is 96.4 Å². The van der Waals surface area contributed by atoms with Crippen LogP contribution in [0.15, 0.2) is 0 Å². The zero-order valence-electron chi connectivity index (χ0n) is 13.8. The van der Waals surface area contributed by atoms with Crippen LogP contribution in [0.2, 0.25) is 0 Å². The molecule has 0 spiro atoms. The van der Waals surface area contributed by atoms with E-state index in [1.165, 1.54) is 64.2 Å². The second-order valence-electron chi connectivity index (χ2n) is 7.47. The van der Waals surface area contributed by atoms with Gasteiger partial charge in [0.1, 0.15) is 0 Å². The van der Waals surface area contributed by atoms with E-state index in [2.05, 4.69) is 13.8 Å². The summed E-state index contributed by atoms with van der Waals surface area (Å²) in [5.74, 6) is 1.37. The fraction of sp³-hybridized carbons (Fsp3) is 1.00. The van der Waals surface area contributed by atoms with E-state index in [1.807, 2.05) is 0 Å². The van der Waals surface area contributed by atoms with Crippen LogP contribution in [0.3, 0.4) is 0 Å². The Kier molecular flexibility index (Phi) is 5.63. The van der Waals surface area contributed by atoms with Gasteiger partial charge in [-0.1, -0.05) is 38.5 Å². The largest absolute Gasteiger partial charge is 0.640 e. The zero-order chi connectivity index (χ0) is 14.7. The fourth-order valence-corrected chi connectivity index (χ4v) is 4.41. The van der Waals surface area contributed by atoms with Gasteiger partial charge in [-0.05, 0) is 51.4 Å². The minimum atomic E-state index is -0.427. The lowest BCUT2D eigenvalue weighted by atomic mass is 9.77. The molecule has 0 aromatic carbocycles. The summed E-state index contributed by atoms with van der Waals surface area (Å²) in [7, 11) is -0.427. The maximum Gasteiger partial charge on any atom is 0.640 e. The highest BCUT2D eigenvalue weighted by Gasteiger charge is 2.48. The minimum Gasteiger partial charge on any atom is -0.384 e. The average molecular weight is 294 g/mol. The van der Waals surface area contributed by atoms with Crippen LogP contribution in [0.25, 0.3) is 0 Å². The van der Waals surface area contributed by atoms with Gasteiger partial charge < -0.3 is 14.0 Å². The molecule has 21 heavy (non-hydrogen) atoms. The molecule has 0 radical (unpaired) electrons. The third-order valence-electron chi connectivity index (χ3n) is 5.47. The number of rotatable bonds is 4. The summed E-state index contributed by atoms with van der Waals surface area (Å²) < 4.78 is 18.3. The van der Waals surface area contributed by atoms with Crippen molar-refractivity contribution in [2.75, 3.05) is 0 Å². The molecule has 3 fully saturated rings. The van der Waals surface area contributed by atoms with Crippen LogP contribution in [-0.4, -0.2) is 25.6 Å². The molecule has 1 heterocycles. The van der Waals surface area contributed by atoms with Gasteiger partial charge in [0.2, 0.25) is 0 Å². The van der Waals surface area contributed by atoms with Gasteiger partial charge >= 0.3 is 7.32 Å². The van der Waals surface area contributed by atoms with E-state index in [0.717, 1.165) is 0 Å². The average Bonchev–Trinajstić information content (AvgIpc) is 2.92. The molecule has 120 valence electrons. The lowest BCUT2D eigenvalue weighted by molar-refractivity contribution is 0.0324. The van der Waals surface area contributed by atoms with Crippen LogP contribution in [-0.2, 0) is 14.0 Å². The van der Waals surface area contributed by atoms with Crippen molar-refractivity contribution in [1.82, 2.24) is 0 Å². The van der Waals surface area contributed by atoms with E-state index in [9.17, 15) is 0 Å². The summed E-state index contributed by atoms with van der Waals surface area (Å²) >= 11 is 0. The maximum absolute atomic E-state index is 6.23. The summed E-state index contributed by atoms with van der Waals surface area (Å²) in [4.78, 5) is 0. The Morgan fingerprint density at radius 3 is 1.57 bits per heavy atom. The highest BCUT2D eigenvalue weighted by Crippen LogP contribution is 2.40. The molecule has 0 aromatic rings. The Morgan fingerprint density at radius 2 is 1.19 bits per heavy atom. The van der Waals surface area contributed by atoms with Crippen LogP contribution in [0.1, 0.15) is 78.1 Å². The standard InChI is InChI=1S/C17H31BO3/c1-13(2)19-18-20-16(14-9-5-3-6-10-14)17(21-18)15-11-7-4-8-12-15/h13-17H,3-12H2,1-2H3/t16-,17-/m1/s1. The number of hydrogen-bond donors (Lipinski definition) is 0. The van der Waals surface area contributed by atoms with E-state index >= 15 is 0 Å². The second kappa shape index (κ2) is 7.48. The topological polar surface area (TPSA) is 27.7 Å². The summed E-state index contributed by atoms with van der Waals surface area (Å²) in [6, 6.07) is 0. The molecule has 1 aliphatic heterocycles.